The minimum Gasteiger partial charge on any atom is -0.345 e. The number of halogens is 1. The zero-order chi connectivity index (χ0) is 28.1. The molecule has 2 amide bonds. The van der Waals surface area contributed by atoms with E-state index >= 15 is 0 Å². The highest BCUT2D eigenvalue weighted by atomic mass is 35.5. The van der Waals surface area contributed by atoms with Crippen molar-refractivity contribution in [1.82, 2.24) is 20.1 Å². The van der Waals surface area contributed by atoms with Crippen LogP contribution >= 0.6 is 23.4 Å². The van der Waals surface area contributed by atoms with Gasteiger partial charge in [0.2, 0.25) is 5.91 Å². The van der Waals surface area contributed by atoms with Gasteiger partial charge in [0.1, 0.15) is 0 Å². The summed E-state index contributed by atoms with van der Waals surface area (Å²) >= 11 is 7.42. The van der Waals surface area contributed by atoms with Crippen molar-refractivity contribution in [3.63, 3.8) is 0 Å². The lowest BCUT2D eigenvalue weighted by Gasteiger charge is -2.12. The van der Waals surface area contributed by atoms with Gasteiger partial charge >= 0.3 is 0 Å². The number of anilines is 1. The Labute approximate surface area is 233 Å². The minimum absolute atomic E-state index is 0.0181. The van der Waals surface area contributed by atoms with E-state index in [9.17, 15) is 19.7 Å². The molecule has 0 unspecified atom stereocenters. The fourth-order valence-corrected chi connectivity index (χ4v) is 4.85. The maximum Gasteiger partial charge on any atom is 0.273 e. The number of rotatable bonds is 9. The van der Waals surface area contributed by atoms with Crippen LogP contribution in [0.2, 0.25) is 5.02 Å². The second-order valence-corrected chi connectivity index (χ2v) is 10.1. The Hall–Kier alpha value is -4.22. The molecule has 0 atom stereocenters. The SMILES string of the molecule is Cc1ccc(C)c(NC(=O)CSc2nnc(CNC(=O)c3cccc([N+](=O)[O-])c3C)n2-c2cccc(Cl)c2)c1. The van der Waals surface area contributed by atoms with Crippen LogP contribution in [0.25, 0.3) is 5.69 Å². The number of aryl methyl sites for hydroxylation is 2. The van der Waals surface area contributed by atoms with Crippen LogP contribution < -0.4 is 10.6 Å². The van der Waals surface area contributed by atoms with E-state index in [0.717, 1.165) is 16.8 Å². The predicted molar refractivity (Wildman–Crippen MR) is 151 cm³/mol. The molecule has 10 nitrogen and oxygen atoms in total. The van der Waals surface area contributed by atoms with Crippen LogP contribution in [0.15, 0.2) is 65.8 Å². The maximum absolute atomic E-state index is 12.9. The fraction of sp³-hybridized carbons (Fsp3) is 0.185. The van der Waals surface area contributed by atoms with E-state index in [1.807, 2.05) is 38.1 Å². The van der Waals surface area contributed by atoms with Gasteiger partial charge in [0.15, 0.2) is 11.0 Å². The molecule has 0 spiro atoms. The molecule has 200 valence electrons. The van der Waals surface area contributed by atoms with E-state index in [-0.39, 0.29) is 35.0 Å². The number of thioether (sulfide) groups is 1. The number of carbonyl (C=O) groups excluding carboxylic acids is 2. The van der Waals surface area contributed by atoms with Crippen molar-refractivity contribution >= 4 is 46.6 Å². The first kappa shape index (κ1) is 27.8. The van der Waals surface area contributed by atoms with Gasteiger partial charge in [-0.1, -0.05) is 47.6 Å². The van der Waals surface area contributed by atoms with Crippen LogP contribution in [0.4, 0.5) is 11.4 Å². The van der Waals surface area contributed by atoms with Gasteiger partial charge in [-0.3, -0.25) is 24.3 Å². The van der Waals surface area contributed by atoms with E-state index in [1.54, 1.807) is 22.8 Å². The smallest absolute Gasteiger partial charge is 0.273 e. The van der Waals surface area contributed by atoms with Crippen molar-refractivity contribution in [1.29, 1.82) is 0 Å². The minimum atomic E-state index is -0.526. The summed E-state index contributed by atoms with van der Waals surface area (Å²) < 4.78 is 1.71. The molecule has 39 heavy (non-hydrogen) atoms. The normalized spacial score (nSPS) is 10.8. The molecule has 0 bridgehead atoms. The highest BCUT2D eigenvalue weighted by molar-refractivity contribution is 7.99. The highest BCUT2D eigenvalue weighted by Gasteiger charge is 2.20. The van der Waals surface area contributed by atoms with Gasteiger partial charge in [-0.15, -0.1) is 10.2 Å². The number of aromatic nitrogens is 3. The lowest BCUT2D eigenvalue weighted by Crippen LogP contribution is -2.25. The number of nitrogens with zero attached hydrogens (tertiary/aromatic N) is 4. The molecular formula is C27H25ClN6O4S. The van der Waals surface area contributed by atoms with E-state index in [4.69, 9.17) is 11.6 Å². The Morgan fingerprint density at radius 2 is 1.82 bits per heavy atom. The van der Waals surface area contributed by atoms with Crippen molar-refractivity contribution in [2.45, 2.75) is 32.5 Å². The third-order valence-corrected chi connectivity index (χ3v) is 7.08. The quantitative estimate of drug-likeness (QED) is 0.158. The molecule has 0 saturated heterocycles. The van der Waals surface area contributed by atoms with E-state index in [0.29, 0.717) is 21.7 Å². The molecule has 0 aliphatic heterocycles. The molecule has 0 saturated carbocycles. The van der Waals surface area contributed by atoms with Crippen molar-refractivity contribution in [2.75, 3.05) is 11.1 Å². The van der Waals surface area contributed by atoms with Crippen molar-refractivity contribution in [3.8, 4) is 5.69 Å². The molecule has 4 aromatic rings. The molecule has 0 aliphatic carbocycles. The average molecular weight is 565 g/mol. The Morgan fingerprint density at radius 3 is 2.56 bits per heavy atom. The lowest BCUT2D eigenvalue weighted by atomic mass is 10.1. The number of benzene rings is 3. The summed E-state index contributed by atoms with van der Waals surface area (Å²) in [6.07, 6.45) is 0. The number of hydrogen-bond donors (Lipinski definition) is 2. The summed E-state index contributed by atoms with van der Waals surface area (Å²) in [5.41, 5.74) is 3.72. The Morgan fingerprint density at radius 1 is 1.05 bits per heavy atom. The number of nitro benzene ring substituents is 1. The van der Waals surface area contributed by atoms with Gasteiger partial charge in [0, 0.05) is 27.9 Å². The number of nitro groups is 1. The first-order valence-corrected chi connectivity index (χ1v) is 13.2. The summed E-state index contributed by atoms with van der Waals surface area (Å²) in [4.78, 5) is 36.3. The molecule has 0 fully saturated rings. The summed E-state index contributed by atoms with van der Waals surface area (Å²) in [7, 11) is 0. The summed E-state index contributed by atoms with van der Waals surface area (Å²) in [5, 5.41) is 26.4. The van der Waals surface area contributed by atoms with Crippen molar-refractivity contribution in [2.24, 2.45) is 0 Å². The number of hydrogen-bond acceptors (Lipinski definition) is 7. The largest absolute Gasteiger partial charge is 0.345 e. The van der Waals surface area contributed by atoms with E-state index in [1.165, 1.54) is 36.9 Å². The first-order valence-electron chi connectivity index (χ1n) is 11.9. The van der Waals surface area contributed by atoms with Gasteiger partial charge in [-0.05, 0) is 62.2 Å². The maximum atomic E-state index is 12.9. The number of amides is 2. The molecule has 12 heteroatoms. The molecular weight excluding hydrogens is 540 g/mol. The summed E-state index contributed by atoms with van der Waals surface area (Å²) in [6, 6.07) is 17.2. The van der Waals surface area contributed by atoms with Gasteiger partial charge in [0.25, 0.3) is 11.6 Å². The van der Waals surface area contributed by atoms with Crippen LogP contribution in [-0.2, 0) is 11.3 Å². The highest BCUT2D eigenvalue weighted by Crippen LogP contribution is 2.25. The fourth-order valence-electron chi connectivity index (χ4n) is 3.89. The molecule has 1 heterocycles. The van der Waals surface area contributed by atoms with E-state index < -0.39 is 10.8 Å². The van der Waals surface area contributed by atoms with Gasteiger partial charge in [-0.2, -0.15) is 0 Å². The van der Waals surface area contributed by atoms with Crippen LogP contribution in [-0.4, -0.2) is 37.3 Å². The van der Waals surface area contributed by atoms with Gasteiger partial charge in [0.05, 0.1) is 22.9 Å². The van der Waals surface area contributed by atoms with E-state index in [2.05, 4.69) is 20.8 Å². The third-order valence-electron chi connectivity index (χ3n) is 5.92. The number of carbonyl (C=O) groups is 2. The van der Waals surface area contributed by atoms with Crippen LogP contribution in [0.5, 0.6) is 0 Å². The molecule has 2 N–H and O–H groups in total. The monoisotopic (exact) mass is 564 g/mol. The second-order valence-electron chi connectivity index (χ2n) is 8.76. The van der Waals surface area contributed by atoms with Gasteiger partial charge < -0.3 is 10.6 Å². The van der Waals surface area contributed by atoms with Crippen LogP contribution in [0, 0.1) is 30.9 Å². The van der Waals surface area contributed by atoms with Crippen molar-refractivity contribution < 1.29 is 14.5 Å². The molecule has 0 radical (unpaired) electrons. The lowest BCUT2D eigenvalue weighted by molar-refractivity contribution is -0.385. The second kappa shape index (κ2) is 12.1. The zero-order valence-electron chi connectivity index (χ0n) is 21.4. The molecule has 0 aliphatic rings. The topological polar surface area (TPSA) is 132 Å². The van der Waals surface area contributed by atoms with Crippen LogP contribution in [0.3, 0.4) is 0 Å². The third kappa shape index (κ3) is 6.62. The molecule has 4 rings (SSSR count). The zero-order valence-corrected chi connectivity index (χ0v) is 23.0. The van der Waals surface area contributed by atoms with Crippen molar-refractivity contribution in [3.05, 3.63) is 104 Å². The van der Waals surface area contributed by atoms with Crippen LogP contribution in [0.1, 0.15) is 32.9 Å². The predicted octanol–water partition coefficient (Wildman–Crippen LogP) is 5.41. The Kier molecular flexibility index (Phi) is 8.62. The summed E-state index contributed by atoms with van der Waals surface area (Å²) in [6.45, 7) is 5.39. The summed E-state index contributed by atoms with van der Waals surface area (Å²) in [5.74, 6) is -0.221. The molecule has 3 aromatic carbocycles. The standard InChI is InChI=1S/C27H25ClN6O4S/c1-16-10-11-17(2)22(12-16)30-25(35)15-39-27-32-31-24(33(27)20-7-4-6-19(28)13-20)14-29-26(36)21-8-5-9-23(18(21)3)34(37)38/h4-13H,14-15H2,1-3H3,(H,29,36)(H,30,35). The number of nitrogens with one attached hydrogen (secondary N) is 2. The van der Waals surface area contributed by atoms with Gasteiger partial charge in [-0.25, -0.2) is 0 Å². The average Bonchev–Trinajstić information content (AvgIpc) is 3.31. The Balaban J connectivity index is 1.54. The molecule has 1 aromatic heterocycles. The first-order chi connectivity index (χ1) is 18.6. The Bertz CT molecular complexity index is 1570.